The highest BCUT2D eigenvalue weighted by Gasteiger charge is 2.31. The van der Waals surface area contributed by atoms with Crippen molar-refractivity contribution in [2.75, 3.05) is 32.9 Å². The lowest BCUT2D eigenvalue weighted by Crippen LogP contribution is -2.55. The van der Waals surface area contributed by atoms with Crippen LogP contribution in [0.15, 0.2) is 24.3 Å². The molecular formula is C18H29NO3. The van der Waals surface area contributed by atoms with Crippen LogP contribution in [0.2, 0.25) is 0 Å². The van der Waals surface area contributed by atoms with Gasteiger partial charge in [-0.1, -0.05) is 26.0 Å². The molecule has 124 valence electrons. The van der Waals surface area contributed by atoms with Crippen molar-refractivity contribution in [2.45, 2.75) is 45.3 Å². The van der Waals surface area contributed by atoms with Crippen LogP contribution < -0.4 is 4.74 Å². The second-order valence-electron chi connectivity index (χ2n) is 7.00. The van der Waals surface area contributed by atoms with Gasteiger partial charge in [0.25, 0.3) is 0 Å². The van der Waals surface area contributed by atoms with E-state index in [0.717, 1.165) is 18.9 Å². The second-order valence-corrected chi connectivity index (χ2v) is 7.00. The van der Waals surface area contributed by atoms with Crippen molar-refractivity contribution < 1.29 is 14.6 Å². The molecule has 1 aliphatic heterocycles. The molecule has 0 aromatic heterocycles. The number of hydrogen-bond donors (Lipinski definition) is 1. The Morgan fingerprint density at radius 3 is 2.55 bits per heavy atom. The van der Waals surface area contributed by atoms with E-state index in [0.29, 0.717) is 25.7 Å². The summed E-state index contributed by atoms with van der Waals surface area (Å²) in [6.07, 6.45) is -0.498. The molecule has 1 heterocycles. The number of aliphatic hydroxyl groups excluding tert-OH is 1. The first kappa shape index (κ1) is 17.3. The summed E-state index contributed by atoms with van der Waals surface area (Å²) in [5.74, 6) is 1.33. The van der Waals surface area contributed by atoms with Crippen LogP contribution in [0, 0.1) is 0 Å². The van der Waals surface area contributed by atoms with Crippen LogP contribution in [-0.2, 0) is 4.74 Å². The van der Waals surface area contributed by atoms with Crippen molar-refractivity contribution in [2.24, 2.45) is 0 Å². The van der Waals surface area contributed by atoms with Crippen LogP contribution in [0.4, 0.5) is 0 Å². The molecule has 2 rings (SSSR count). The molecule has 1 N–H and O–H groups in total. The molecule has 1 fully saturated rings. The Balaban J connectivity index is 1.81. The fraction of sp³-hybridized carbons (Fsp3) is 0.667. The molecule has 1 aromatic carbocycles. The molecule has 0 radical (unpaired) electrons. The summed E-state index contributed by atoms with van der Waals surface area (Å²) in [6, 6.07) is 8.11. The smallest absolute Gasteiger partial charge is 0.119 e. The maximum atomic E-state index is 10.2. The summed E-state index contributed by atoms with van der Waals surface area (Å²) in [5.41, 5.74) is 1.26. The highest BCUT2D eigenvalue weighted by molar-refractivity contribution is 5.28. The van der Waals surface area contributed by atoms with Crippen LogP contribution in [0.1, 0.15) is 39.2 Å². The lowest BCUT2D eigenvalue weighted by atomic mass is 10.0. The minimum atomic E-state index is -0.498. The molecule has 1 saturated heterocycles. The quantitative estimate of drug-likeness (QED) is 0.877. The summed E-state index contributed by atoms with van der Waals surface area (Å²) < 4.78 is 11.2. The van der Waals surface area contributed by atoms with Crippen molar-refractivity contribution in [3.05, 3.63) is 29.8 Å². The molecule has 1 atom stereocenters. The fourth-order valence-corrected chi connectivity index (χ4v) is 2.68. The number of aliphatic hydroxyl groups is 1. The largest absolute Gasteiger partial charge is 0.491 e. The van der Waals surface area contributed by atoms with Gasteiger partial charge in [0.05, 0.1) is 13.2 Å². The zero-order valence-electron chi connectivity index (χ0n) is 14.2. The monoisotopic (exact) mass is 307 g/mol. The predicted octanol–water partition coefficient (Wildman–Crippen LogP) is 2.66. The fourth-order valence-electron chi connectivity index (χ4n) is 2.68. The Hall–Kier alpha value is -1.10. The first-order valence-corrected chi connectivity index (χ1v) is 8.12. The summed E-state index contributed by atoms with van der Waals surface area (Å²) in [4.78, 5) is 2.27. The highest BCUT2D eigenvalue weighted by Crippen LogP contribution is 2.20. The van der Waals surface area contributed by atoms with Gasteiger partial charge in [-0.2, -0.15) is 0 Å². The Kier molecular flexibility index (Phi) is 5.84. The van der Waals surface area contributed by atoms with Gasteiger partial charge in [-0.15, -0.1) is 0 Å². The number of β-amino-alcohol motifs (C(OH)–C–C–N with tert-alkyl or cyclic N) is 1. The van der Waals surface area contributed by atoms with Crippen molar-refractivity contribution in [1.82, 2.24) is 4.90 Å². The molecular weight excluding hydrogens is 278 g/mol. The number of nitrogens with zero attached hydrogens (tertiary/aromatic N) is 1. The highest BCUT2D eigenvalue weighted by atomic mass is 16.5. The topological polar surface area (TPSA) is 41.9 Å². The molecule has 0 bridgehead atoms. The number of benzene rings is 1. The molecule has 1 aromatic rings. The summed E-state index contributed by atoms with van der Waals surface area (Å²) in [6.45, 7) is 11.8. The van der Waals surface area contributed by atoms with Crippen molar-refractivity contribution in [1.29, 1.82) is 0 Å². The van der Waals surface area contributed by atoms with Crippen LogP contribution >= 0.6 is 0 Å². The molecule has 4 heteroatoms. The molecule has 0 amide bonds. The van der Waals surface area contributed by atoms with Crippen LogP contribution in [0.3, 0.4) is 0 Å². The second kappa shape index (κ2) is 7.44. The van der Waals surface area contributed by atoms with Gasteiger partial charge in [0.2, 0.25) is 0 Å². The zero-order valence-corrected chi connectivity index (χ0v) is 14.2. The van der Waals surface area contributed by atoms with Gasteiger partial charge in [-0.25, -0.2) is 0 Å². The third-order valence-corrected chi connectivity index (χ3v) is 4.24. The maximum absolute atomic E-state index is 10.2. The molecule has 4 nitrogen and oxygen atoms in total. The Bertz CT molecular complexity index is 456. The molecule has 22 heavy (non-hydrogen) atoms. The van der Waals surface area contributed by atoms with E-state index >= 15 is 0 Å². The SMILES string of the molecule is CC(C)c1ccc(OCC(O)CN2CCOCC2(C)C)cc1. The van der Waals surface area contributed by atoms with Crippen molar-refractivity contribution >= 4 is 0 Å². The van der Waals surface area contributed by atoms with Crippen LogP contribution in [0.5, 0.6) is 5.75 Å². The normalized spacial score (nSPS) is 20.1. The van der Waals surface area contributed by atoms with E-state index in [1.165, 1.54) is 5.56 Å². The molecule has 0 aliphatic carbocycles. The average Bonchev–Trinajstić information content (AvgIpc) is 2.47. The Labute approximate surface area is 134 Å². The van der Waals surface area contributed by atoms with Gasteiger partial charge in [0.1, 0.15) is 18.5 Å². The van der Waals surface area contributed by atoms with E-state index in [4.69, 9.17) is 9.47 Å². The van der Waals surface area contributed by atoms with Gasteiger partial charge in [-0.3, -0.25) is 4.90 Å². The summed E-state index contributed by atoms with van der Waals surface area (Å²) in [5, 5.41) is 10.2. The Morgan fingerprint density at radius 2 is 1.95 bits per heavy atom. The molecule has 1 unspecified atom stereocenters. The lowest BCUT2D eigenvalue weighted by Gasteiger charge is -2.42. The Morgan fingerprint density at radius 1 is 1.27 bits per heavy atom. The van der Waals surface area contributed by atoms with E-state index in [9.17, 15) is 5.11 Å². The number of rotatable bonds is 6. The van der Waals surface area contributed by atoms with E-state index in [-0.39, 0.29) is 5.54 Å². The minimum absolute atomic E-state index is 0.0296. The van der Waals surface area contributed by atoms with Gasteiger partial charge in [0, 0.05) is 18.6 Å². The zero-order chi connectivity index (χ0) is 16.2. The average molecular weight is 307 g/mol. The first-order chi connectivity index (χ1) is 10.4. The standard InChI is InChI=1S/C18H29NO3/c1-14(2)15-5-7-17(8-6-15)22-12-16(20)11-19-9-10-21-13-18(19,3)4/h5-8,14,16,20H,9-13H2,1-4H3. The molecule has 1 aliphatic rings. The third-order valence-electron chi connectivity index (χ3n) is 4.24. The number of hydrogen-bond acceptors (Lipinski definition) is 4. The number of ether oxygens (including phenoxy) is 2. The maximum Gasteiger partial charge on any atom is 0.119 e. The van der Waals surface area contributed by atoms with Crippen LogP contribution in [-0.4, -0.2) is 54.6 Å². The van der Waals surface area contributed by atoms with Crippen molar-refractivity contribution in [3.8, 4) is 5.75 Å². The lowest BCUT2D eigenvalue weighted by molar-refractivity contribution is -0.0703. The third kappa shape index (κ3) is 4.70. The predicted molar refractivity (Wildman–Crippen MR) is 88.5 cm³/mol. The van der Waals surface area contributed by atoms with Gasteiger partial charge < -0.3 is 14.6 Å². The molecule has 0 saturated carbocycles. The molecule has 0 spiro atoms. The van der Waals surface area contributed by atoms with E-state index in [1.54, 1.807) is 0 Å². The summed E-state index contributed by atoms with van der Waals surface area (Å²) in [7, 11) is 0. The summed E-state index contributed by atoms with van der Waals surface area (Å²) >= 11 is 0. The number of morpholine rings is 1. The van der Waals surface area contributed by atoms with Crippen molar-refractivity contribution in [3.63, 3.8) is 0 Å². The first-order valence-electron chi connectivity index (χ1n) is 8.12. The minimum Gasteiger partial charge on any atom is -0.491 e. The van der Waals surface area contributed by atoms with Crippen LogP contribution in [0.25, 0.3) is 0 Å². The van der Waals surface area contributed by atoms with E-state index in [1.807, 2.05) is 12.1 Å². The van der Waals surface area contributed by atoms with Gasteiger partial charge >= 0.3 is 0 Å². The van der Waals surface area contributed by atoms with E-state index in [2.05, 4.69) is 44.7 Å². The van der Waals surface area contributed by atoms with Gasteiger partial charge in [0.15, 0.2) is 0 Å². The van der Waals surface area contributed by atoms with Gasteiger partial charge in [-0.05, 0) is 37.5 Å². The van der Waals surface area contributed by atoms with E-state index < -0.39 is 6.10 Å².